The SMILES string of the molecule is Nc1ccc(CN2CCN(Cc3ccc(N)cc3)C(=O)C2=O)cc1. The number of amides is 2. The van der Waals surface area contributed by atoms with Gasteiger partial charge < -0.3 is 21.3 Å². The summed E-state index contributed by atoms with van der Waals surface area (Å²) in [6, 6.07) is 14.6. The summed E-state index contributed by atoms with van der Waals surface area (Å²) in [5.74, 6) is -0.929. The normalized spacial score (nSPS) is 15.0. The molecule has 0 aliphatic carbocycles. The Bertz CT molecular complexity index is 675. The highest BCUT2D eigenvalue weighted by molar-refractivity contribution is 6.35. The number of nitrogen functional groups attached to an aromatic ring is 2. The first-order chi connectivity index (χ1) is 11.5. The van der Waals surface area contributed by atoms with Gasteiger partial charge in [-0.3, -0.25) is 9.59 Å². The Kier molecular flexibility index (Phi) is 4.37. The smallest absolute Gasteiger partial charge is 0.312 e. The molecule has 6 nitrogen and oxygen atoms in total. The zero-order valence-corrected chi connectivity index (χ0v) is 13.3. The molecule has 2 amide bonds. The number of benzene rings is 2. The van der Waals surface area contributed by atoms with Gasteiger partial charge in [0.1, 0.15) is 0 Å². The summed E-state index contributed by atoms with van der Waals surface area (Å²) in [6.45, 7) is 1.87. The lowest BCUT2D eigenvalue weighted by Gasteiger charge is -2.33. The van der Waals surface area contributed by atoms with Gasteiger partial charge in [-0.1, -0.05) is 24.3 Å². The highest BCUT2D eigenvalue weighted by atomic mass is 16.2. The van der Waals surface area contributed by atoms with Gasteiger partial charge in [0.25, 0.3) is 0 Å². The fourth-order valence-electron chi connectivity index (χ4n) is 2.70. The fourth-order valence-corrected chi connectivity index (χ4v) is 2.70. The van der Waals surface area contributed by atoms with E-state index in [1.165, 1.54) is 0 Å². The highest BCUT2D eigenvalue weighted by Gasteiger charge is 2.32. The summed E-state index contributed by atoms with van der Waals surface area (Å²) in [6.07, 6.45) is 0. The number of hydrogen-bond donors (Lipinski definition) is 2. The summed E-state index contributed by atoms with van der Waals surface area (Å²) in [5, 5.41) is 0. The van der Waals surface area contributed by atoms with E-state index in [0.717, 1.165) is 11.1 Å². The van der Waals surface area contributed by atoms with Crippen molar-refractivity contribution in [2.24, 2.45) is 0 Å². The molecule has 2 aromatic carbocycles. The highest BCUT2D eigenvalue weighted by Crippen LogP contribution is 2.15. The number of anilines is 2. The summed E-state index contributed by atoms with van der Waals surface area (Å²) in [7, 11) is 0. The molecule has 124 valence electrons. The number of nitrogens with zero attached hydrogens (tertiary/aromatic N) is 2. The second kappa shape index (κ2) is 6.62. The van der Waals surface area contributed by atoms with Crippen LogP contribution in [0.25, 0.3) is 0 Å². The van der Waals surface area contributed by atoms with Crippen LogP contribution in [0.5, 0.6) is 0 Å². The molecule has 1 heterocycles. The zero-order valence-electron chi connectivity index (χ0n) is 13.3. The Hall–Kier alpha value is -3.02. The molecular weight excluding hydrogens is 304 g/mol. The molecule has 4 N–H and O–H groups in total. The molecule has 24 heavy (non-hydrogen) atoms. The van der Waals surface area contributed by atoms with E-state index in [9.17, 15) is 9.59 Å². The van der Waals surface area contributed by atoms with Gasteiger partial charge >= 0.3 is 11.8 Å². The standard InChI is InChI=1S/C18H20N4O2/c19-15-5-1-13(2-6-15)11-21-9-10-22(18(24)17(21)23)12-14-3-7-16(20)8-4-14/h1-8H,9-12,19-20H2. The molecule has 0 spiro atoms. The van der Waals surface area contributed by atoms with E-state index in [-0.39, 0.29) is 0 Å². The van der Waals surface area contributed by atoms with Crippen LogP contribution in [-0.2, 0) is 22.7 Å². The molecule has 6 heteroatoms. The predicted octanol–water partition coefficient (Wildman–Crippen LogP) is 1.22. The molecule has 0 atom stereocenters. The summed E-state index contributed by atoms with van der Waals surface area (Å²) >= 11 is 0. The molecule has 1 aliphatic rings. The molecule has 0 saturated carbocycles. The van der Waals surface area contributed by atoms with Gasteiger partial charge in [0.2, 0.25) is 0 Å². The molecule has 0 unspecified atom stereocenters. The Balaban J connectivity index is 1.63. The maximum atomic E-state index is 12.3. The van der Waals surface area contributed by atoms with E-state index < -0.39 is 11.8 Å². The van der Waals surface area contributed by atoms with Crippen molar-refractivity contribution in [2.75, 3.05) is 24.6 Å². The lowest BCUT2D eigenvalue weighted by atomic mass is 10.1. The third kappa shape index (κ3) is 3.48. The quantitative estimate of drug-likeness (QED) is 0.653. The van der Waals surface area contributed by atoms with Crippen LogP contribution in [0.4, 0.5) is 11.4 Å². The van der Waals surface area contributed by atoms with Crippen LogP contribution in [0.2, 0.25) is 0 Å². The molecule has 1 saturated heterocycles. The van der Waals surface area contributed by atoms with Crippen LogP contribution in [0, 0.1) is 0 Å². The minimum absolute atomic E-state index is 0.417. The van der Waals surface area contributed by atoms with Crippen molar-refractivity contribution < 1.29 is 9.59 Å². The Morgan fingerprint density at radius 3 is 1.33 bits per heavy atom. The molecule has 0 aromatic heterocycles. The van der Waals surface area contributed by atoms with Crippen molar-refractivity contribution >= 4 is 23.2 Å². The number of piperazine rings is 1. The molecule has 0 bridgehead atoms. The second-order valence-corrected chi connectivity index (χ2v) is 5.94. The van der Waals surface area contributed by atoms with Crippen LogP contribution in [0.1, 0.15) is 11.1 Å². The first kappa shape index (κ1) is 15.9. The van der Waals surface area contributed by atoms with Crippen LogP contribution >= 0.6 is 0 Å². The topological polar surface area (TPSA) is 92.7 Å². The maximum Gasteiger partial charge on any atom is 0.312 e. The molecule has 1 fully saturated rings. The first-order valence-electron chi connectivity index (χ1n) is 7.80. The van der Waals surface area contributed by atoms with Crippen molar-refractivity contribution in [1.29, 1.82) is 0 Å². The molecule has 1 aliphatic heterocycles. The van der Waals surface area contributed by atoms with E-state index in [4.69, 9.17) is 11.5 Å². The Labute approximate surface area is 140 Å². The van der Waals surface area contributed by atoms with Crippen molar-refractivity contribution in [3.63, 3.8) is 0 Å². The van der Waals surface area contributed by atoms with E-state index in [2.05, 4.69) is 0 Å². The van der Waals surface area contributed by atoms with E-state index in [1.54, 1.807) is 34.1 Å². The van der Waals surface area contributed by atoms with E-state index in [0.29, 0.717) is 37.6 Å². The van der Waals surface area contributed by atoms with E-state index >= 15 is 0 Å². The number of rotatable bonds is 4. The van der Waals surface area contributed by atoms with Crippen molar-refractivity contribution in [2.45, 2.75) is 13.1 Å². The number of hydrogen-bond acceptors (Lipinski definition) is 4. The summed E-state index contributed by atoms with van der Waals surface area (Å²) in [5.41, 5.74) is 14.6. The zero-order chi connectivity index (χ0) is 17.1. The minimum atomic E-state index is -0.464. The minimum Gasteiger partial charge on any atom is -0.399 e. The van der Waals surface area contributed by atoms with Gasteiger partial charge in [0, 0.05) is 37.6 Å². The van der Waals surface area contributed by atoms with Gasteiger partial charge in [0.15, 0.2) is 0 Å². The van der Waals surface area contributed by atoms with Crippen LogP contribution < -0.4 is 11.5 Å². The monoisotopic (exact) mass is 324 g/mol. The second-order valence-electron chi connectivity index (χ2n) is 5.94. The molecule has 3 rings (SSSR count). The number of carbonyl (C=O) groups excluding carboxylic acids is 2. The van der Waals surface area contributed by atoms with Gasteiger partial charge in [-0.15, -0.1) is 0 Å². The van der Waals surface area contributed by atoms with Crippen molar-refractivity contribution in [3.05, 3.63) is 59.7 Å². The molecule has 0 radical (unpaired) electrons. The largest absolute Gasteiger partial charge is 0.399 e. The summed E-state index contributed by atoms with van der Waals surface area (Å²) < 4.78 is 0. The van der Waals surface area contributed by atoms with Gasteiger partial charge in [-0.25, -0.2) is 0 Å². The molecule has 2 aromatic rings. The van der Waals surface area contributed by atoms with Gasteiger partial charge in [-0.2, -0.15) is 0 Å². The van der Waals surface area contributed by atoms with Crippen LogP contribution in [0.15, 0.2) is 48.5 Å². The maximum absolute atomic E-state index is 12.3. The number of carbonyl (C=O) groups is 2. The lowest BCUT2D eigenvalue weighted by Crippen LogP contribution is -2.53. The Morgan fingerprint density at radius 1 is 0.667 bits per heavy atom. The average molecular weight is 324 g/mol. The number of nitrogens with two attached hydrogens (primary N) is 2. The van der Waals surface area contributed by atoms with E-state index in [1.807, 2.05) is 24.3 Å². The first-order valence-corrected chi connectivity index (χ1v) is 7.80. The predicted molar refractivity (Wildman–Crippen MR) is 92.5 cm³/mol. The molecular formula is C18H20N4O2. The third-order valence-electron chi connectivity index (χ3n) is 4.10. The lowest BCUT2D eigenvalue weighted by molar-refractivity contribution is -0.156. The summed E-state index contributed by atoms with van der Waals surface area (Å²) in [4.78, 5) is 27.8. The Morgan fingerprint density at radius 2 is 1.00 bits per heavy atom. The third-order valence-corrected chi connectivity index (χ3v) is 4.10. The fraction of sp³-hybridized carbons (Fsp3) is 0.222. The van der Waals surface area contributed by atoms with Crippen molar-refractivity contribution in [1.82, 2.24) is 9.80 Å². The van der Waals surface area contributed by atoms with Crippen LogP contribution in [0.3, 0.4) is 0 Å². The van der Waals surface area contributed by atoms with Crippen LogP contribution in [-0.4, -0.2) is 34.7 Å². The van der Waals surface area contributed by atoms with Crippen molar-refractivity contribution in [3.8, 4) is 0 Å². The van der Waals surface area contributed by atoms with Gasteiger partial charge in [-0.05, 0) is 35.4 Å². The average Bonchev–Trinajstić information content (AvgIpc) is 2.58. The van der Waals surface area contributed by atoms with Gasteiger partial charge in [0.05, 0.1) is 0 Å².